The van der Waals surface area contributed by atoms with Gasteiger partial charge in [-0.2, -0.15) is 10.5 Å². The molecule has 1 saturated heterocycles. The lowest BCUT2D eigenvalue weighted by molar-refractivity contribution is 0.280. The van der Waals surface area contributed by atoms with Gasteiger partial charge in [-0.1, -0.05) is 23.4 Å². The van der Waals surface area contributed by atoms with Crippen LogP contribution in [0, 0.1) is 28.5 Å². The molecule has 0 radical (unpaired) electrons. The van der Waals surface area contributed by atoms with Crippen LogP contribution in [0.3, 0.4) is 0 Å². The van der Waals surface area contributed by atoms with Gasteiger partial charge in [0, 0.05) is 37.5 Å². The van der Waals surface area contributed by atoms with Gasteiger partial charge in [0.1, 0.15) is 11.8 Å². The third-order valence-electron chi connectivity index (χ3n) is 5.67. The second-order valence-corrected chi connectivity index (χ2v) is 7.53. The zero-order valence-corrected chi connectivity index (χ0v) is 16.5. The van der Waals surface area contributed by atoms with E-state index in [1.807, 2.05) is 29.2 Å². The molecule has 0 amide bonds. The Balaban J connectivity index is 1.33. The molecular weight excluding hydrogens is 395 g/mol. The Labute approximate surface area is 178 Å². The van der Waals surface area contributed by atoms with E-state index < -0.39 is 5.82 Å². The van der Waals surface area contributed by atoms with Gasteiger partial charge in [-0.05, 0) is 24.6 Å². The largest absolute Gasteiger partial charge is 0.363 e. The molecule has 1 unspecified atom stereocenters. The summed E-state index contributed by atoms with van der Waals surface area (Å²) in [6.45, 7) is 1.94. The van der Waals surface area contributed by atoms with Gasteiger partial charge in [-0.15, -0.1) is 0 Å². The fourth-order valence-corrected chi connectivity index (χ4v) is 4.18. The van der Waals surface area contributed by atoms with Crippen molar-refractivity contribution in [1.82, 2.24) is 15.0 Å². The monoisotopic (exact) mass is 412 g/mol. The van der Waals surface area contributed by atoms with E-state index in [9.17, 15) is 4.39 Å². The zero-order chi connectivity index (χ0) is 21.4. The molecule has 0 spiro atoms. The molecule has 1 aromatic carbocycles. The Morgan fingerprint density at radius 1 is 1.10 bits per heavy atom. The number of nitrogens with zero attached hydrogens (tertiary/aromatic N) is 6. The number of rotatable bonds is 3. The first-order chi connectivity index (χ1) is 15.2. The van der Waals surface area contributed by atoms with Crippen molar-refractivity contribution in [1.29, 1.82) is 10.5 Å². The molecule has 0 saturated carbocycles. The van der Waals surface area contributed by atoms with Crippen LogP contribution in [-0.2, 0) is 0 Å². The Morgan fingerprint density at radius 3 is 2.77 bits per heavy atom. The predicted octanol–water partition coefficient (Wildman–Crippen LogP) is 3.55. The molecule has 5 rings (SSSR count). The fraction of sp³-hybridized carbons (Fsp3) is 0.217. The third kappa shape index (κ3) is 3.38. The maximum Gasteiger partial charge on any atom is 0.167 e. The van der Waals surface area contributed by atoms with Crippen molar-refractivity contribution < 1.29 is 8.91 Å². The molecule has 3 aromatic rings. The fourth-order valence-electron chi connectivity index (χ4n) is 4.18. The van der Waals surface area contributed by atoms with Crippen molar-refractivity contribution in [2.75, 3.05) is 24.5 Å². The quantitative estimate of drug-likeness (QED) is 0.649. The van der Waals surface area contributed by atoms with E-state index in [0.717, 1.165) is 23.4 Å². The van der Waals surface area contributed by atoms with E-state index in [1.165, 1.54) is 12.3 Å². The topological polar surface area (TPSA) is 93.0 Å². The minimum Gasteiger partial charge on any atom is -0.363 e. The highest BCUT2D eigenvalue weighted by Gasteiger charge is 2.34. The minimum absolute atomic E-state index is 0.183. The number of anilines is 1. The zero-order valence-electron chi connectivity index (χ0n) is 16.5. The number of piperazine rings is 1. The first kappa shape index (κ1) is 18.8. The Kier molecular flexibility index (Phi) is 4.61. The Morgan fingerprint density at radius 2 is 1.97 bits per heavy atom. The van der Waals surface area contributed by atoms with Crippen molar-refractivity contribution >= 4 is 11.5 Å². The molecule has 2 aromatic heterocycles. The first-order valence-electron chi connectivity index (χ1n) is 9.91. The van der Waals surface area contributed by atoms with Crippen LogP contribution in [0.4, 0.5) is 10.2 Å². The van der Waals surface area contributed by atoms with Crippen LogP contribution >= 0.6 is 0 Å². The van der Waals surface area contributed by atoms with Gasteiger partial charge >= 0.3 is 0 Å². The average molecular weight is 412 g/mol. The van der Waals surface area contributed by atoms with Gasteiger partial charge < -0.3 is 14.3 Å². The van der Waals surface area contributed by atoms with Crippen LogP contribution in [0.5, 0.6) is 0 Å². The van der Waals surface area contributed by atoms with Gasteiger partial charge in [0.05, 0.1) is 28.9 Å². The molecule has 1 fully saturated rings. The van der Waals surface area contributed by atoms with Crippen LogP contribution in [0.1, 0.15) is 23.2 Å². The number of nitriles is 2. The Bertz CT molecular complexity index is 1270. The summed E-state index contributed by atoms with van der Waals surface area (Å²) in [6.07, 6.45) is 4.35. The molecule has 0 aliphatic carbocycles. The molecule has 152 valence electrons. The van der Waals surface area contributed by atoms with Crippen LogP contribution in [0.2, 0.25) is 0 Å². The summed E-state index contributed by atoms with van der Waals surface area (Å²) in [7, 11) is 0. The van der Waals surface area contributed by atoms with Gasteiger partial charge in [0.15, 0.2) is 17.4 Å². The molecule has 4 heterocycles. The molecule has 8 heteroatoms. The lowest BCUT2D eigenvalue weighted by Crippen LogP contribution is -2.50. The van der Waals surface area contributed by atoms with E-state index in [2.05, 4.69) is 27.2 Å². The summed E-state index contributed by atoms with van der Waals surface area (Å²) in [4.78, 5) is 8.35. The molecule has 1 atom stereocenters. The minimum atomic E-state index is -0.473. The highest BCUT2D eigenvalue weighted by Crippen LogP contribution is 2.35. The summed E-state index contributed by atoms with van der Waals surface area (Å²) < 4.78 is 19.9. The maximum atomic E-state index is 14.4. The molecule has 2 aliphatic rings. The Hall–Kier alpha value is -4.17. The first-order valence-corrected chi connectivity index (χ1v) is 9.91. The number of pyridine rings is 1. The highest BCUT2D eigenvalue weighted by atomic mass is 19.1. The van der Waals surface area contributed by atoms with Crippen LogP contribution < -0.4 is 4.90 Å². The van der Waals surface area contributed by atoms with Crippen LogP contribution in [-0.4, -0.2) is 40.7 Å². The van der Waals surface area contributed by atoms with Crippen molar-refractivity contribution in [3.63, 3.8) is 0 Å². The van der Waals surface area contributed by atoms with E-state index in [1.54, 1.807) is 12.1 Å². The van der Waals surface area contributed by atoms with Crippen molar-refractivity contribution in [2.24, 2.45) is 0 Å². The summed E-state index contributed by atoms with van der Waals surface area (Å²) in [5.41, 5.74) is 3.34. The molecule has 2 aliphatic heterocycles. The number of hydrogen-bond donors (Lipinski definition) is 0. The van der Waals surface area contributed by atoms with Gasteiger partial charge in [0.25, 0.3) is 0 Å². The summed E-state index contributed by atoms with van der Waals surface area (Å²) in [6, 6.07) is 14.6. The smallest absolute Gasteiger partial charge is 0.167 e. The lowest BCUT2D eigenvalue weighted by atomic mass is 10.1. The van der Waals surface area contributed by atoms with Crippen molar-refractivity contribution in [3.05, 3.63) is 71.3 Å². The molecule has 0 N–H and O–H groups in total. The average Bonchev–Trinajstić information content (AvgIpc) is 3.45. The summed E-state index contributed by atoms with van der Waals surface area (Å²) >= 11 is 0. The van der Waals surface area contributed by atoms with Gasteiger partial charge in [-0.3, -0.25) is 0 Å². The molecular formula is C23H17FN6O. The number of hydrogen-bond acceptors (Lipinski definition) is 7. The van der Waals surface area contributed by atoms with E-state index >= 15 is 0 Å². The number of halogens is 1. The highest BCUT2D eigenvalue weighted by molar-refractivity contribution is 5.69. The number of aromatic nitrogens is 2. The second-order valence-electron chi connectivity index (χ2n) is 7.53. The van der Waals surface area contributed by atoms with E-state index in [0.29, 0.717) is 31.0 Å². The van der Waals surface area contributed by atoms with Crippen LogP contribution in [0.25, 0.3) is 17.0 Å². The van der Waals surface area contributed by atoms with Crippen molar-refractivity contribution in [3.8, 4) is 23.5 Å². The standard InChI is InChI=1S/C23H17FN6O/c24-19-9-16(12-26)13-27-23(19)29-6-7-30-18(14-29)4-5-21(30)20-10-22(31-28-20)17-3-1-2-15(8-17)11-25/h1-3,5,8-10,13,18H,4,6-7,14H2. The molecule has 31 heavy (non-hydrogen) atoms. The predicted molar refractivity (Wildman–Crippen MR) is 111 cm³/mol. The third-order valence-corrected chi connectivity index (χ3v) is 5.67. The van der Waals surface area contributed by atoms with Gasteiger partial charge in [0.2, 0.25) is 0 Å². The normalized spacial score (nSPS) is 17.6. The summed E-state index contributed by atoms with van der Waals surface area (Å²) in [5, 5.41) is 22.3. The number of benzene rings is 1. The second kappa shape index (κ2) is 7.58. The summed E-state index contributed by atoms with van der Waals surface area (Å²) in [5.74, 6) is 0.423. The number of fused-ring (bicyclic) bond motifs is 1. The lowest BCUT2D eigenvalue weighted by Gasteiger charge is -2.40. The van der Waals surface area contributed by atoms with Crippen molar-refractivity contribution in [2.45, 2.75) is 12.5 Å². The van der Waals surface area contributed by atoms with Gasteiger partial charge in [-0.25, -0.2) is 9.37 Å². The van der Waals surface area contributed by atoms with E-state index in [4.69, 9.17) is 15.0 Å². The maximum absolute atomic E-state index is 14.4. The van der Waals surface area contributed by atoms with E-state index in [-0.39, 0.29) is 17.4 Å². The van der Waals surface area contributed by atoms with Crippen LogP contribution in [0.15, 0.2) is 53.2 Å². The molecule has 7 nitrogen and oxygen atoms in total. The molecule has 0 bridgehead atoms. The SMILES string of the molecule is N#Cc1cccc(-c2cc(C3=CCC4CN(c5ncc(C#N)cc5F)CCN34)no2)c1.